The average molecular weight is 731 g/mol. The predicted molar refractivity (Wildman–Crippen MR) is 178 cm³/mol. The lowest BCUT2D eigenvalue weighted by Crippen LogP contribution is -2.43. The molecule has 0 spiro atoms. The van der Waals surface area contributed by atoms with Gasteiger partial charge < -0.3 is 20.1 Å². The van der Waals surface area contributed by atoms with Gasteiger partial charge in [0.25, 0.3) is 0 Å². The summed E-state index contributed by atoms with van der Waals surface area (Å²) in [6, 6.07) is 3.42. The molecule has 7 rings (SSSR count). The second-order valence-electron chi connectivity index (χ2n) is 13.1. The van der Waals surface area contributed by atoms with Gasteiger partial charge in [0.05, 0.1) is 32.8 Å². The van der Waals surface area contributed by atoms with Crippen LogP contribution < -0.4 is 15.2 Å². The van der Waals surface area contributed by atoms with Gasteiger partial charge in [-0.1, -0.05) is 19.6 Å². The van der Waals surface area contributed by atoms with Crippen molar-refractivity contribution in [3.63, 3.8) is 0 Å². The predicted octanol–water partition coefficient (Wildman–Crippen LogP) is 7.16. The van der Waals surface area contributed by atoms with Crippen molar-refractivity contribution in [2.45, 2.75) is 69.1 Å². The molecule has 268 valence electrons. The van der Waals surface area contributed by atoms with Crippen molar-refractivity contribution in [2.75, 3.05) is 32.0 Å². The number of thiophene rings is 1. The van der Waals surface area contributed by atoms with Gasteiger partial charge in [0.2, 0.25) is 11.8 Å². The Bertz CT molecular complexity index is 2120. The molecule has 4 unspecified atom stereocenters. The van der Waals surface area contributed by atoms with Gasteiger partial charge in [0.1, 0.15) is 41.3 Å². The molecule has 3 aliphatic rings. The normalized spacial score (nSPS) is 23.6. The molecule has 2 N–H and O–H groups in total. The molecule has 3 saturated heterocycles. The number of ether oxygens (including phenoxy) is 2. The molecule has 2 aromatic carbocycles. The summed E-state index contributed by atoms with van der Waals surface area (Å²) in [6.45, 7) is 6.47. The summed E-state index contributed by atoms with van der Waals surface area (Å²) in [6.07, 6.45) is -3.43. The molecule has 0 saturated carbocycles. The Hall–Kier alpha value is -4.62. The largest absolute Gasteiger partial charge is 0.471 e. The highest BCUT2D eigenvalue weighted by atomic mass is 32.1. The Labute approximate surface area is 292 Å². The molecule has 2 aromatic heterocycles. The topological polar surface area (TPSA) is 118 Å². The van der Waals surface area contributed by atoms with Crippen LogP contribution in [0.2, 0.25) is 0 Å². The number of likely N-dealkylation sites (tertiary alicyclic amines) is 1. The van der Waals surface area contributed by atoms with Crippen LogP contribution in [0.3, 0.4) is 0 Å². The Morgan fingerprint density at radius 3 is 2.76 bits per heavy atom. The van der Waals surface area contributed by atoms with E-state index in [1.165, 1.54) is 0 Å². The number of hydrogen-bond acceptors (Lipinski definition) is 9. The molecule has 0 radical (unpaired) electrons. The van der Waals surface area contributed by atoms with E-state index in [4.69, 9.17) is 15.2 Å². The molecule has 51 heavy (non-hydrogen) atoms. The number of alkyl halides is 4. The molecule has 0 bridgehead atoms. The maximum atomic E-state index is 17.0. The molecule has 4 aromatic rings. The third-order valence-corrected chi connectivity index (χ3v) is 11.3. The number of amides is 1. The van der Waals surface area contributed by atoms with Gasteiger partial charge in [0, 0.05) is 36.9 Å². The van der Waals surface area contributed by atoms with E-state index in [0.29, 0.717) is 43.2 Å². The number of halogens is 6. The van der Waals surface area contributed by atoms with Gasteiger partial charge in [-0.25, -0.2) is 13.2 Å². The second-order valence-corrected chi connectivity index (χ2v) is 14.1. The quantitative estimate of drug-likeness (QED) is 0.150. The number of nitrogens with two attached hydrogens (primary N) is 1. The number of nitrogen functional groups attached to an aromatic ring is 1. The number of anilines is 1. The lowest BCUT2D eigenvalue weighted by atomic mass is 9.92. The number of rotatable bonds is 8. The SMILES string of the molecule is C=CC(=O)N1CCC(Oc2nc(OCC34CCCN3CC(F)C4)nc3c(F)c(-c4ccc(F)c5sc(N)c(C#N)c45)c(C(F)(F)F)cc23)C1CC. The van der Waals surface area contributed by atoms with Gasteiger partial charge in [0.15, 0.2) is 5.82 Å². The van der Waals surface area contributed by atoms with E-state index < -0.39 is 81.2 Å². The molecule has 4 atom stereocenters. The van der Waals surface area contributed by atoms with Crippen molar-refractivity contribution in [3.05, 3.63) is 53.6 Å². The van der Waals surface area contributed by atoms with Gasteiger partial charge in [-0.05, 0) is 49.6 Å². The summed E-state index contributed by atoms with van der Waals surface area (Å²) in [5.74, 6) is -3.03. The molecule has 0 aliphatic carbocycles. The summed E-state index contributed by atoms with van der Waals surface area (Å²) < 4.78 is 103. The fraction of sp³-hybridized carbons (Fsp3) is 0.429. The standard InChI is InChI=1S/C35H32F6N6O3S/c1-3-23-24(8-11-47(23)25(48)4-2)50-32-19-12-21(35(39,40)41)27(18-6-7-22(37)30-26(18)20(14-42)31(43)51-30)28(38)29(19)44-33(45-32)49-16-34-9-5-10-46(34)15-17(36)13-34/h4,6-7,12,17,23-24H,2-3,5,8-11,13,15-16,43H2,1H3. The first-order chi connectivity index (χ1) is 24.3. The van der Waals surface area contributed by atoms with Crippen molar-refractivity contribution >= 4 is 43.2 Å². The molecule has 9 nitrogen and oxygen atoms in total. The van der Waals surface area contributed by atoms with Gasteiger partial charge in [-0.3, -0.25) is 9.69 Å². The molecular formula is C35H32F6N6O3S. The fourth-order valence-electron chi connectivity index (χ4n) is 7.96. The number of fused-ring (bicyclic) bond motifs is 3. The monoisotopic (exact) mass is 730 g/mol. The maximum Gasteiger partial charge on any atom is 0.417 e. The van der Waals surface area contributed by atoms with Crippen molar-refractivity contribution < 1.29 is 40.6 Å². The van der Waals surface area contributed by atoms with Gasteiger partial charge in [-0.15, -0.1) is 11.3 Å². The molecule has 16 heteroatoms. The van der Waals surface area contributed by atoms with Crippen LogP contribution >= 0.6 is 11.3 Å². The van der Waals surface area contributed by atoms with E-state index in [9.17, 15) is 32.0 Å². The molecular weight excluding hydrogens is 698 g/mol. The minimum atomic E-state index is -5.16. The van der Waals surface area contributed by atoms with Crippen LogP contribution in [0, 0.1) is 23.0 Å². The lowest BCUT2D eigenvalue weighted by Gasteiger charge is -2.31. The number of nitriles is 1. The summed E-state index contributed by atoms with van der Waals surface area (Å²) in [4.78, 5) is 24.7. The number of carbonyl (C=O) groups excluding carboxylic acids is 1. The number of benzene rings is 2. The Balaban J connectivity index is 1.43. The van der Waals surface area contributed by atoms with Crippen LogP contribution in [0.4, 0.5) is 31.3 Å². The van der Waals surface area contributed by atoms with Crippen molar-refractivity contribution in [1.82, 2.24) is 19.8 Å². The van der Waals surface area contributed by atoms with Crippen molar-refractivity contribution in [3.8, 4) is 29.1 Å². The van der Waals surface area contributed by atoms with Crippen molar-refractivity contribution in [2.24, 2.45) is 0 Å². The highest BCUT2D eigenvalue weighted by molar-refractivity contribution is 7.23. The second kappa shape index (κ2) is 12.9. The van der Waals surface area contributed by atoms with Crippen LogP contribution in [0.5, 0.6) is 11.9 Å². The summed E-state index contributed by atoms with van der Waals surface area (Å²) in [7, 11) is 0. The number of nitrogens with zero attached hydrogens (tertiary/aromatic N) is 5. The third kappa shape index (κ3) is 5.80. The van der Waals surface area contributed by atoms with Gasteiger partial charge in [-0.2, -0.15) is 28.4 Å². The molecule has 5 heterocycles. The average Bonchev–Trinajstić information content (AvgIpc) is 3.84. The first kappa shape index (κ1) is 34.8. The lowest BCUT2D eigenvalue weighted by molar-refractivity contribution is -0.137. The van der Waals surface area contributed by atoms with E-state index in [-0.39, 0.29) is 52.7 Å². The van der Waals surface area contributed by atoms with Crippen molar-refractivity contribution in [1.29, 1.82) is 5.26 Å². The Morgan fingerprint density at radius 1 is 1.27 bits per heavy atom. The molecule has 3 aliphatic heterocycles. The van der Waals surface area contributed by atoms with Crippen LogP contribution in [0.15, 0.2) is 30.9 Å². The van der Waals surface area contributed by atoms with E-state index in [2.05, 4.69) is 16.5 Å². The first-order valence-corrected chi connectivity index (χ1v) is 17.3. The van der Waals surface area contributed by atoms with Gasteiger partial charge >= 0.3 is 12.2 Å². The van der Waals surface area contributed by atoms with E-state index >= 15 is 4.39 Å². The minimum absolute atomic E-state index is 0.0611. The fourth-order valence-corrected chi connectivity index (χ4v) is 8.91. The summed E-state index contributed by atoms with van der Waals surface area (Å²) in [5, 5.41) is 8.98. The maximum absolute atomic E-state index is 17.0. The first-order valence-electron chi connectivity index (χ1n) is 16.4. The Morgan fingerprint density at radius 2 is 2.06 bits per heavy atom. The van der Waals surface area contributed by atoms with Crippen LogP contribution in [-0.4, -0.2) is 75.8 Å². The molecule has 3 fully saturated rings. The third-order valence-electron chi connectivity index (χ3n) is 10.2. The minimum Gasteiger partial charge on any atom is -0.471 e. The van der Waals surface area contributed by atoms with Crippen LogP contribution in [-0.2, 0) is 11.0 Å². The number of hydrogen-bond donors (Lipinski definition) is 1. The number of carbonyl (C=O) groups is 1. The zero-order valence-electron chi connectivity index (χ0n) is 27.3. The summed E-state index contributed by atoms with van der Waals surface area (Å²) >= 11 is 0.662. The zero-order valence-corrected chi connectivity index (χ0v) is 28.1. The Kier molecular flexibility index (Phi) is 8.78. The van der Waals surface area contributed by atoms with Crippen LogP contribution in [0.1, 0.15) is 50.2 Å². The van der Waals surface area contributed by atoms with Crippen LogP contribution in [0.25, 0.3) is 32.1 Å². The smallest absolute Gasteiger partial charge is 0.417 e. The highest BCUT2D eigenvalue weighted by Crippen LogP contribution is 2.48. The molecule has 1 amide bonds. The highest BCUT2D eigenvalue weighted by Gasteiger charge is 2.49. The van der Waals surface area contributed by atoms with E-state index in [1.54, 1.807) is 11.0 Å². The summed E-state index contributed by atoms with van der Waals surface area (Å²) in [5.41, 5.74) is 1.58. The van der Waals surface area contributed by atoms with E-state index in [1.807, 2.05) is 11.8 Å². The number of aromatic nitrogens is 2. The zero-order chi connectivity index (χ0) is 36.4. The van der Waals surface area contributed by atoms with E-state index in [0.717, 1.165) is 24.6 Å².